The van der Waals surface area contributed by atoms with Crippen molar-refractivity contribution in [3.8, 4) is 0 Å². The predicted octanol–water partition coefficient (Wildman–Crippen LogP) is 2.80. The van der Waals surface area contributed by atoms with Gasteiger partial charge in [-0.15, -0.1) is 0 Å². The number of amides is 1. The predicted molar refractivity (Wildman–Crippen MR) is 100 cm³/mol. The molecule has 0 atom stereocenters. The third kappa shape index (κ3) is 4.02. The van der Waals surface area contributed by atoms with E-state index in [1.54, 1.807) is 24.3 Å². The van der Waals surface area contributed by atoms with E-state index in [9.17, 15) is 13.2 Å². The molecule has 2 aromatic carbocycles. The van der Waals surface area contributed by atoms with Crippen molar-refractivity contribution < 1.29 is 13.2 Å². The molecule has 0 saturated heterocycles. The summed E-state index contributed by atoms with van der Waals surface area (Å²) in [7, 11) is -3.90. The van der Waals surface area contributed by atoms with Crippen LogP contribution in [0.2, 0.25) is 0 Å². The number of primary amides is 1. The van der Waals surface area contributed by atoms with Crippen LogP contribution < -0.4 is 10.0 Å². The van der Waals surface area contributed by atoms with Gasteiger partial charge in [-0.05, 0) is 43.0 Å². The van der Waals surface area contributed by atoms with Crippen molar-refractivity contribution in [1.82, 2.24) is 0 Å². The molecular weight excluding hydrogens is 336 g/mol. The van der Waals surface area contributed by atoms with Gasteiger partial charge in [0.2, 0.25) is 5.91 Å². The van der Waals surface area contributed by atoms with Crippen molar-refractivity contribution in [2.75, 3.05) is 10.8 Å². The first kappa shape index (κ1) is 19.0. The van der Waals surface area contributed by atoms with Crippen LogP contribution in [0.3, 0.4) is 0 Å². The SMILES string of the molecule is CCc1cccc(CC)c1N(CC(N)=O)S(=O)(=O)c1ccc(C)cc1. The molecule has 0 unspecified atom stereocenters. The summed E-state index contributed by atoms with van der Waals surface area (Å²) in [6.45, 7) is 5.41. The Morgan fingerprint density at radius 2 is 1.52 bits per heavy atom. The second kappa shape index (κ2) is 7.70. The first-order valence-electron chi connectivity index (χ1n) is 8.29. The first-order valence-corrected chi connectivity index (χ1v) is 9.73. The summed E-state index contributed by atoms with van der Waals surface area (Å²) in [6.07, 6.45) is 1.31. The van der Waals surface area contributed by atoms with Crippen molar-refractivity contribution in [3.63, 3.8) is 0 Å². The fourth-order valence-corrected chi connectivity index (χ4v) is 4.31. The summed E-state index contributed by atoms with van der Waals surface area (Å²) < 4.78 is 27.6. The third-order valence-electron chi connectivity index (χ3n) is 4.12. The molecule has 0 aliphatic carbocycles. The average Bonchev–Trinajstić information content (AvgIpc) is 2.59. The highest BCUT2D eigenvalue weighted by Crippen LogP contribution is 2.31. The van der Waals surface area contributed by atoms with Gasteiger partial charge in [0.05, 0.1) is 10.6 Å². The van der Waals surface area contributed by atoms with Gasteiger partial charge in [-0.3, -0.25) is 9.10 Å². The molecule has 0 aliphatic heterocycles. The topological polar surface area (TPSA) is 80.5 Å². The molecule has 2 N–H and O–H groups in total. The molecular formula is C19H24N2O3S. The van der Waals surface area contributed by atoms with Crippen LogP contribution in [0, 0.1) is 6.92 Å². The minimum absolute atomic E-state index is 0.146. The van der Waals surface area contributed by atoms with E-state index in [-0.39, 0.29) is 11.4 Å². The molecule has 0 radical (unpaired) electrons. The Balaban J connectivity index is 2.69. The number of para-hydroxylation sites is 1. The molecule has 5 nitrogen and oxygen atoms in total. The molecule has 25 heavy (non-hydrogen) atoms. The molecule has 1 amide bonds. The highest BCUT2D eigenvalue weighted by atomic mass is 32.2. The number of hydrogen-bond acceptors (Lipinski definition) is 3. The number of nitrogens with zero attached hydrogens (tertiary/aromatic N) is 1. The number of anilines is 1. The molecule has 2 rings (SSSR count). The van der Waals surface area contributed by atoms with E-state index in [1.807, 2.05) is 39.0 Å². The summed E-state index contributed by atoms with van der Waals surface area (Å²) in [6, 6.07) is 12.3. The maximum absolute atomic E-state index is 13.2. The van der Waals surface area contributed by atoms with Crippen molar-refractivity contribution in [2.24, 2.45) is 5.73 Å². The summed E-state index contributed by atoms with van der Waals surface area (Å²) in [4.78, 5) is 11.8. The van der Waals surface area contributed by atoms with Crippen LogP contribution in [0.4, 0.5) is 5.69 Å². The molecule has 0 aliphatic rings. The Labute approximate surface area is 149 Å². The molecule has 134 valence electrons. The standard InChI is InChI=1S/C19H24N2O3S/c1-4-15-7-6-8-16(5-2)19(15)21(13-18(20)22)25(23,24)17-11-9-14(3)10-12-17/h6-12H,4-5,13H2,1-3H3,(H2,20,22). The normalized spacial score (nSPS) is 11.3. The van der Waals surface area contributed by atoms with Gasteiger partial charge < -0.3 is 5.73 Å². The van der Waals surface area contributed by atoms with E-state index in [0.717, 1.165) is 21.0 Å². The van der Waals surface area contributed by atoms with Gasteiger partial charge in [0.15, 0.2) is 0 Å². The lowest BCUT2D eigenvalue weighted by Gasteiger charge is -2.27. The van der Waals surface area contributed by atoms with Crippen LogP contribution in [-0.4, -0.2) is 20.9 Å². The van der Waals surface area contributed by atoms with Gasteiger partial charge in [-0.2, -0.15) is 0 Å². The number of sulfonamides is 1. The van der Waals surface area contributed by atoms with E-state index in [2.05, 4.69) is 0 Å². The smallest absolute Gasteiger partial charge is 0.264 e. The Kier molecular flexibility index (Phi) is 5.85. The second-order valence-corrected chi connectivity index (χ2v) is 7.79. The summed E-state index contributed by atoms with van der Waals surface area (Å²) in [5, 5.41) is 0. The largest absolute Gasteiger partial charge is 0.368 e. The first-order chi connectivity index (χ1) is 11.8. The zero-order valence-electron chi connectivity index (χ0n) is 14.8. The third-order valence-corrected chi connectivity index (χ3v) is 5.88. The summed E-state index contributed by atoms with van der Waals surface area (Å²) in [5.74, 6) is -0.691. The minimum Gasteiger partial charge on any atom is -0.368 e. The monoisotopic (exact) mass is 360 g/mol. The molecule has 6 heteroatoms. The van der Waals surface area contributed by atoms with Gasteiger partial charge in [-0.1, -0.05) is 49.7 Å². The van der Waals surface area contributed by atoms with E-state index in [4.69, 9.17) is 5.73 Å². The van der Waals surface area contributed by atoms with Crippen LogP contribution in [0.1, 0.15) is 30.5 Å². The Morgan fingerprint density at radius 3 is 1.96 bits per heavy atom. The number of nitrogens with two attached hydrogens (primary N) is 1. The zero-order chi connectivity index (χ0) is 18.6. The van der Waals surface area contributed by atoms with Crippen LogP contribution >= 0.6 is 0 Å². The van der Waals surface area contributed by atoms with Crippen LogP contribution in [0.25, 0.3) is 0 Å². The Morgan fingerprint density at radius 1 is 1.00 bits per heavy atom. The molecule has 0 aromatic heterocycles. The lowest BCUT2D eigenvalue weighted by atomic mass is 10.0. The molecule has 2 aromatic rings. The zero-order valence-corrected chi connectivity index (χ0v) is 15.6. The van der Waals surface area contributed by atoms with Gasteiger partial charge in [0, 0.05) is 0 Å². The van der Waals surface area contributed by atoms with Crippen molar-refractivity contribution >= 4 is 21.6 Å². The van der Waals surface area contributed by atoms with Gasteiger partial charge in [0.1, 0.15) is 6.54 Å². The lowest BCUT2D eigenvalue weighted by molar-refractivity contribution is -0.116. The number of hydrogen-bond donors (Lipinski definition) is 1. The fraction of sp³-hybridized carbons (Fsp3) is 0.316. The highest BCUT2D eigenvalue weighted by Gasteiger charge is 2.29. The number of benzene rings is 2. The van der Waals surface area contributed by atoms with Gasteiger partial charge in [-0.25, -0.2) is 8.42 Å². The summed E-state index contributed by atoms with van der Waals surface area (Å²) in [5.41, 5.74) is 8.63. The van der Waals surface area contributed by atoms with E-state index < -0.39 is 15.9 Å². The average molecular weight is 360 g/mol. The van der Waals surface area contributed by atoms with E-state index >= 15 is 0 Å². The Bertz CT molecular complexity index is 836. The minimum atomic E-state index is -3.90. The number of rotatable bonds is 7. The molecule has 0 saturated carbocycles. The van der Waals surface area contributed by atoms with Crippen LogP contribution in [0.5, 0.6) is 0 Å². The number of carbonyl (C=O) groups is 1. The summed E-state index contributed by atoms with van der Waals surface area (Å²) >= 11 is 0. The molecule has 0 fully saturated rings. The van der Waals surface area contributed by atoms with Crippen LogP contribution in [0.15, 0.2) is 47.4 Å². The van der Waals surface area contributed by atoms with Crippen LogP contribution in [-0.2, 0) is 27.7 Å². The van der Waals surface area contributed by atoms with Gasteiger partial charge in [0.25, 0.3) is 10.0 Å². The highest BCUT2D eigenvalue weighted by molar-refractivity contribution is 7.92. The maximum Gasteiger partial charge on any atom is 0.264 e. The molecule has 0 spiro atoms. The number of aryl methyl sites for hydroxylation is 3. The number of carbonyl (C=O) groups excluding carboxylic acids is 1. The van der Waals surface area contributed by atoms with E-state index in [0.29, 0.717) is 18.5 Å². The fourth-order valence-electron chi connectivity index (χ4n) is 2.80. The van der Waals surface area contributed by atoms with Crippen molar-refractivity contribution in [2.45, 2.75) is 38.5 Å². The maximum atomic E-state index is 13.2. The van der Waals surface area contributed by atoms with Crippen molar-refractivity contribution in [1.29, 1.82) is 0 Å². The molecule has 0 heterocycles. The second-order valence-electron chi connectivity index (χ2n) is 5.92. The lowest BCUT2D eigenvalue weighted by Crippen LogP contribution is -2.39. The van der Waals surface area contributed by atoms with Crippen molar-refractivity contribution in [3.05, 3.63) is 59.2 Å². The molecule has 0 bridgehead atoms. The quantitative estimate of drug-likeness (QED) is 0.824. The Hall–Kier alpha value is -2.34. The van der Waals surface area contributed by atoms with E-state index in [1.165, 1.54) is 0 Å². The van der Waals surface area contributed by atoms with Gasteiger partial charge >= 0.3 is 0 Å².